The molecule has 2 fully saturated rings. The molecule has 7 heteroatoms. The van der Waals surface area contributed by atoms with E-state index in [0.717, 1.165) is 43.1 Å². The van der Waals surface area contributed by atoms with Gasteiger partial charge in [-0.15, -0.1) is 0 Å². The molecule has 1 atom stereocenters. The van der Waals surface area contributed by atoms with E-state index in [1.807, 2.05) is 41.3 Å². The maximum absolute atomic E-state index is 12.4. The van der Waals surface area contributed by atoms with E-state index < -0.39 is 0 Å². The topological polar surface area (TPSA) is 61.9 Å². The van der Waals surface area contributed by atoms with E-state index >= 15 is 0 Å². The van der Waals surface area contributed by atoms with Gasteiger partial charge in [-0.05, 0) is 30.5 Å². The van der Waals surface area contributed by atoms with E-state index in [-0.39, 0.29) is 17.8 Å². The van der Waals surface area contributed by atoms with Gasteiger partial charge in [0.2, 0.25) is 5.91 Å². The van der Waals surface area contributed by atoms with Crippen LogP contribution in [0.4, 0.5) is 0 Å². The maximum atomic E-state index is 12.4. The standard InChI is InChI=1S/C19H29N3O3.C8H9Cl/c1-4-5-6-18(16(3)23)22-11-10-21(14-15(22)2)19(24)8-7-17-13-20-9-12-25-17;1-2-7-5-3-4-6-8(7)9/h6-8,17,20H,2,4-5,9-14H2,1,3H3;3-6H,2H2,1H3/b8-7+,18-6-;. The van der Waals surface area contributed by atoms with Crippen molar-refractivity contribution in [2.75, 3.05) is 39.3 Å². The zero-order valence-electron chi connectivity index (χ0n) is 20.7. The fraction of sp³-hybridized carbons (Fsp3) is 0.481. The van der Waals surface area contributed by atoms with Crippen molar-refractivity contribution >= 4 is 23.3 Å². The summed E-state index contributed by atoms with van der Waals surface area (Å²) in [7, 11) is 0. The highest BCUT2D eigenvalue weighted by atomic mass is 35.5. The molecule has 1 aromatic rings. The van der Waals surface area contributed by atoms with Crippen molar-refractivity contribution in [2.24, 2.45) is 0 Å². The summed E-state index contributed by atoms with van der Waals surface area (Å²) >= 11 is 5.82. The van der Waals surface area contributed by atoms with Crippen molar-refractivity contribution in [1.29, 1.82) is 0 Å². The van der Waals surface area contributed by atoms with Crippen LogP contribution in [0.2, 0.25) is 5.02 Å². The van der Waals surface area contributed by atoms with Crippen molar-refractivity contribution in [3.05, 3.63) is 71.1 Å². The number of hydrogen-bond donors (Lipinski definition) is 1. The number of carbonyl (C=O) groups is 2. The summed E-state index contributed by atoms with van der Waals surface area (Å²) in [5, 5.41) is 4.11. The van der Waals surface area contributed by atoms with Crippen LogP contribution in [0.3, 0.4) is 0 Å². The molecule has 2 saturated heterocycles. The number of Topliss-reactive ketones (excluding diaryl/α,β-unsaturated/α-hetero) is 1. The smallest absolute Gasteiger partial charge is 0.246 e. The van der Waals surface area contributed by atoms with Crippen molar-refractivity contribution in [3.8, 4) is 0 Å². The second-order valence-electron chi connectivity index (χ2n) is 8.33. The van der Waals surface area contributed by atoms with Crippen LogP contribution in [0.15, 0.2) is 60.5 Å². The van der Waals surface area contributed by atoms with Crippen molar-refractivity contribution in [3.63, 3.8) is 0 Å². The first-order valence-corrected chi connectivity index (χ1v) is 12.4. The van der Waals surface area contributed by atoms with Crippen LogP contribution in [0.5, 0.6) is 0 Å². The Labute approximate surface area is 209 Å². The largest absolute Gasteiger partial charge is 0.371 e. The molecule has 1 amide bonds. The van der Waals surface area contributed by atoms with Gasteiger partial charge in [-0.25, -0.2) is 0 Å². The van der Waals surface area contributed by atoms with Gasteiger partial charge in [-0.2, -0.15) is 0 Å². The Bertz CT molecular complexity index is 891. The lowest BCUT2D eigenvalue weighted by Gasteiger charge is -2.38. The van der Waals surface area contributed by atoms with Crippen molar-refractivity contribution in [2.45, 2.75) is 46.1 Å². The predicted molar refractivity (Wildman–Crippen MR) is 139 cm³/mol. The van der Waals surface area contributed by atoms with Crippen LogP contribution in [0, 0.1) is 0 Å². The van der Waals surface area contributed by atoms with E-state index in [1.54, 1.807) is 17.9 Å². The van der Waals surface area contributed by atoms with Crippen LogP contribution in [-0.4, -0.2) is 66.9 Å². The van der Waals surface area contributed by atoms with Gasteiger partial charge < -0.3 is 19.9 Å². The van der Waals surface area contributed by atoms with Gasteiger partial charge >= 0.3 is 0 Å². The third-order valence-electron chi connectivity index (χ3n) is 5.69. The van der Waals surface area contributed by atoms with Gasteiger partial charge in [0, 0.05) is 49.9 Å². The average molecular weight is 488 g/mol. The van der Waals surface area contributed by atoms with E-state index in [0.29, 0.717) is 31.9 Å². The van der Waals surface area contributed by atoms with Gasteiger partial charge in [0.15, 0.2) is 5.78 Å². The number of amides is 1. The van der Waals surface area contributed by atoms with Gasteiger partial charge in [-0.3, -0.25) is 9.59 Å². The highest BCUT2D eigenvalue weighted by Crippen LogP contribution is 2.20. The van der Waals surface area contributed by atoms with Crippen molar-refractivity contribution < 1.29 is 14.3 Å². The fourth-order valence-electron chi connectivity index (χ4n) is 3.76. The molecule has 6 nitrogen and oxygen atoms in total. The Morgan fingerprint density at radius 1 is 1.26 bits per heavy atom. The molecule has 0 saturated carbocycles. The molecule has 0 radical (unpaired) electrons. The second kappa shape index (κ2) is 14.8. The molecule has 0 aliphatic carbocycles. The molecule has 2 aliphatic heterocycles. The Hall–Kier alpha value is -2.41. The molecule has 186 valence electrons. The predicted octanol–water partition coefficient (Wildman–Crippen LogP) is 4.36. The summed E-state index contributed by atoms with van der Waals surface area (Å²) in [5.41, 5.74) is 2.69. The van der Waals surface area contributed by atoms with Crippen molar-refractivity contribution in [1.82, 2.24) is 15.1 Å². The van der Waals surface area contributed by atoms with Crippen LogP contribution < -0.4 is 5.32 Å². The summed E-state index contributed by atoms with van der Waals surface area (Å²) in [6, 6.07) is 7.91. The number of halogens is 1. The molecule has 34 heavy (non-hydrogen) atoms. The third kappa shape index (κ3) is 8.75. The van der Waals surface area contributed by atoms with Crippen LogP contribution >= 0.6 is 11.6 Å². The molecule has 1 N–H and O–H groups in total. The summed E-state index contributed by atoms with van der Waals surface area (Å²) in [5.74, 6) is -0.00638. The Kier molecular flexibility index (Phi) is 12.1. The second-order valence-corrected chi connectivity index (χ2v) is 8.74. The van der Waals surface area contributed by atoms with Crippen LogP contribution in [-0.2, 0) is 20.7 Å². The molecule has 1 aromatic carbocycles. The lowest BCUT2D eigenvalue weighted by molar-refractivity contribution is -0.126. The number of rotatable bonds is 7. The molecular weight excluding hydrogens is 450 g/mol. The summed E-state index contributed by atoms with van der Waals surface area (Å²) in [6.45, 7) is 13.7. The summed E-state index contributed by atoms with van der Waals surface area (Å²) in [6.07, 6.45) is 8.18. The van der Waals surface area contributed by atoms with Crippen LogP contribution in [0.1, 0.15) is 39.2 Å². The average Bonchev–Trinajstić information content (AvgIpc) is 2.84. The number of hydrogen-bond acceptors (Lipinski definition) is 5. The number of benzene rings is 1. The maximum Gasteiger partial charge on any atom is 0.246 e. The Balaban J connectivity index is 0.000000379. The lowest BCUT2D eigenvalue weighted by Crippen LogP contribution is -2.47. The number of ketones is 1. The fourth-order valence-corrected chi connectivity index (χ4v) is 4.03. The number of nitrogens with zero attached hydrogens (tertiary/aromatic N) is 2. The minimum atomic E-state index is -0.0523. The number of morpholine rings is 1. The molecular formula is C27H38ClN3O3. The first-order valence-electron chi connectivity index (χ1n) is 12.1. The number of allylic oxidation sites excluding steroid dienone is 2. The molecule has 0 aromatic heterocycles. The number of piperazine rings is 1. The number of carbonyl (C=O) groups excluding carboxylic acids is 2. The Morgan fingerprint density at radius 2 is 2.03 bits per heavy atom. The third-order valence-corrected chi connectivity index (χ3v) is 6.06. The first kappa shape index (κ1) is 27.8. The normalized spacial score (nSPS) is 19.1. The zero-order chi connectivity index (χ0) is 24.9. The summed E-state index contributed by atoms with van der Waals surface area (Å²) in [4.78, 5) is 28.0. The summed E-state index contributed by atoms with van der Waals surface area (Å²) < 4.78 is 5.56. The highest BCUT2D eigenvalue weighted by Gasteiger charge is 2.26. The number of aryl methyl sites for hydroxylation is 1. The number of unbranched alkanes of at least 4 members (excludes halogenated alkanes) is 1. The van der Waals surface area contributed by atoms with E-state index in [4.69, 9.17) is 16.3 Å². The van der Waals surface area contributed by atoms with Crippen LogP contribution in [0.25, 0.3) is 0 Å². The van der Waals surface area contributed by atoms with Gasteiger partial charge in [0.25, 0.3) is 0 Å². The minimum absolute atomic E-state index is 0.0382. The SMILES string of the molecule is C=C1CN(C(=O)/C=C/C2CNCCO2)CCN1/C(=C\CCC)C(C)=O.CCc1ccccc1Cl. The van der Waals surface area contributed by atoms with E-state index in [1.165, 1.54) is 5.56 Å². The zero-order valence-corrected chi connectivity index (χ0v) is 21.4. The van der Waals surface area contributed by atoms with Gasteiger partial charge in [0.05, 0.1) is 25.0 Å². The first-order chi connectivity index (χ1) is 16.4. The highest BCUT2D eigenvalue weighted by molar-refractivity contribution is 6.31. The quantitative estimate of drug-likeness (QED) is 0.579. The van der Waals surface area contributed by atoms with E-state index in [9.17, 15) is 9.59 Å². The molecule has 0 spiro atoms. The molecule has 2 aliphatic rings. The number of nitrogens with one attached hydrogen (secondary N) is 1. The monoisotopic (exact) mass is 487 g/mol. The van der Waals surface area contributed by atoms with Gasteiger partial charge in [-0.1, -0.05) is 62.7 Å². The minimum Gasteiger partial charge on any atom is -0.371 e. The molecule has 2 heterocycles. The molecule has 3 rings (SSSR count). The molecule has 1 unspecified atom stereocenters. The molecule has 0 bridgehead atoms. The Morgan fingerprint density at radius 3 is 2.59 bits per heavy atom. The number of ether oxygens (including phenoxy) is 1. The lowest BCUT2D eigenvalue weighted by atomic mass is 10.1. The van der Waals surface area contributed by atoms with Gasteiger partial charge in [0.1, 0.15) is 0 Å². The van der Waals surface area contributed by atoms with E-state index in [2.05, 4.69) is 25.7 Å².